The Hall–Kier alpha value is -3.15. The molecule has 0 aliphatic carbocycles. The second-order valence-electron chi connectivity index (χ2n) is 4.49. The van der Waals surface area contributed by atoms with E-state index in [-0.39, 0.29) is 5.78 Å². The molecule has 5 nitrogen and oxygen atoms in total. The summed E-state index contributed by atoms with van der Waals surface area (Å²) in [5, 5.41) is 3.88. The van der Waals surface area contributed by atoms with E-state index >= 15 is 0 Å². The molecule has 22 heavy (non-hydrogen) atoms. The molecule has 0 fully saturated rings. The molecule has 0 amide bonds. The van der Waals surface area contributed by atoms with Crippen molar-refractivity contribution in [2.24, 2.45) is 0 Å². The summed E-state index contributed by atoms with van der Waals surface area (Å²) in [5.74, 6) is -0.629. The molecule has 3 rings (SSSR count). The van der Waals surface area contributed by atoms with Crippen LogP contribution in [0.3, 0.4) is 0 Å². The number of hydrogen-bond donors (Lipinski definition) is 0. The Kier molecular flexibility index (Phi) is 3.82. The van der Waals surface area contributed by atoms with Crippen LogP contribution in [0.15, 0.2) is 61.5 Å². The number of carbonyl (C=O) groups is 1. The lowest BCUT2D eigenvalue weighted by Gasteiger charge is -2.03. The van der Waals surface area contributed by atoms with E-state index in [1.54, 1.807) is 36.5 Å². The fourth-order valence-corrected chi connectivity index (χ4v) is 1.92. The molecule has 6 heteroatoms. The van der Waals surface area contributed by atoms with Crippen LogP contribution in [0.5, 0.6) is 0 Å². The third-order valence-corrected chi connectivity index (χ3v) is 3.01. The van der Waals surface area contributed by atoms with E-state index in [2.05, 4.69) is 15.1 Å². The van der Waals surface area contributed by atoms with Gasteiger partial charge in [-0.15, -0.1) is 0 Å². The lowest BCUT2D eigenvalue weighted by atomic mass is 10.1. The highest BCUT2D eigenvalue weighted by molar-refractivity contribution is 6.06. The molecule has 0 saturated carbocycles. The van der Waals surface area contributed by atoms with Gasteiger partial charge in [0.05, 0.1) is 0 Å². The van der Waals surface area contributed by atoms with Gasteiger partial charge in [-0.25, -0.2) is 14.1 Å². The number of rotatable bonds is 4. The molecule has 2 heterocycles. The van der Waals surface area contributed by atoms with Gasteiger partial charge < -0.3 is 0 Å². The number of hydrogen-bond acceptors (Lipinski definition) is 4. The summed E-state index contributed by atoms with van der Waals surface area (Å²) in [6.45, 7) is 0. The largest absolute Gasteiger partial charge is 0.289 e. The van der Waals surface area contributed by atoms with Gasteiger partial charge in [0.25, 0.3) is 0 Å². The normalized spacial score (nSPS) is 11.0. The van der Waals surface area contributed by atoms with E-state index in [0.29, 0.717) is 16.8 Å². The van der Waals surface area contributed by atoms with Crippen molar-refractivity contribution < 1.29 is 9.18 Å². The van der Waals surface area contributed by atoms with Crippen molar-refractivity contribution in [1.29, 1.82) is 0 Å². The van der Waals surface area contributed by atoms with Crippen LogP contribution in [0, 0.1) is 5.82 Å². The molecule has 0 radical (unpaired) electrons. The number of benzene rings is 1. The van der Waals surface area contributed by atoms with Crippen LogP contribution in [-0.2, 0) is 0 Å². The quantitative estimate of drug-likeness (QED) is 0.548. The second kappa shape index (κ2) is 6.09. The zero-order chi connectivity index (χ0) is 15.4. The SMILES string of the molecule is O=C(C=Cc1ccc(-n2cncn2)c(F)c1)c1cccnc1. The van der Waals surface area contributed by atoms with Crippen molar-refractivity contribution in [3.05, 3.63) is 78.4 Å². The Morgan fingerprint density at radius 3 is 2.82 bits per heavy atom. The number of aromatic nitrogens is 4. The molecule has 0 aliphatic heterocycles. The first kappa shape index (κ1) is 13.8. The lowest BCUT2D eigenvalue weighted by Crippen LogP contribution is -1.98. The second-order valence-corrected chi connectivity index (χ2v) is 4.49. The topological polar surface area (TPSA) is 60.7 Å². The molecule has 1 aromatic carbocycles. The fraction of sp³-hybridized carbons (Fsp3) is 0. The van der Waals surface area contributed by atoms with E-state index < -0.39 is 5.82 Å². The van der Waals surface area contributed by atoms with Crippen molar-refractivity contribution in [3.63, 3.8) is 0 Å². The number of ketones is 1. The van der Waals surface area contributed by atoms with Crippen LogP contribution in [0.4, 0.5) is 4.39 Å². The average molecular weight is 294 g/mol. The Morgan fingerprint density at radius 1 is 1.23 bits per heavy atom. The molecule has 0 bridgehead atoms. The molecule has 108 valence electrons. The molecule has 0 unspecified atom stereocenters. The molecule has 3 aromatic rings. The first-order valence-electron chi connectivity index (χ1n) is 6.51. The Balaban J connectivity index is 1.80. The third kappa shape index (κ3) is 2.95. The number of pyridine rings is 1. The van der Waals surface area contributed by atoms with E-state index in [9.17, 15) is 9.18 Å². The molecule has 0 spiro atoms. The van der Waals surface area contributed by atoms with E-state index in [1.165, 1.54) is 35.7 Å². The van der Waals surface area contributed by atoms with Gasteiger partial charge in [-0.05, 0) is 35.9 Å². The maximum atomic E-state index is 14.0. The maximum Gasteiger partial charge on any atom is 0.187 e. The highest BCUT2D eigenvalue weighted by atomic mass is 19.1. The Morgan fingerprint density at radius 2 is 2.14 bits per heavy atom. The van der Waals surface area contributed by atoms with E-state index in [1.807, 2.05) is 0 Å². The number of allylic oxidation sites excluding steroid dienone is 1. The molecule has 0 saturated heterocycles. The van der Waals surface area contributed by atoms with E-state index in [0.717, 1.165) is 0 Å². The summed E-state index contributed by atoms with van der Waals surface area (Å²) >= 11 is 0. The van der Waals surface area contributed by atoms with Gasteiger partial charge >= 0.3 is 0 Å². The lowest BCUT2D eigenvalue weighted by molar-refractivity contribution is 0.104. The maximum absolute atomic E-state index is 14.0. The standard InChI is InChI=1S/C16H11FN4O/c17-14-8-12(3-5-15(14)21-11-19-10-20-21)4-6-16(22)13-2-1-7-18-9-13/h1-11H. The highest BCUT2D eigenvalue weighted by Crippen LogP contribution is 2.15. The number of nitrogens with zero attached hydrogens (tertiary/aromatic N) is 4. The summed E-state index contributed by atoms with van der Waals surface area (Å²) in [6.07, 6.45) is 8.78. The zero-order valence-electron chi connectivity index (χ0n) is 11.4. The van der Waals surface area contributed by atoms with Crippen LogP contribution in [0.1, 0.15) is 15.9 Å². The van der Waals surface area contributed by atoms with Gasteiger partial charge in [0.15, 0.2) is 5.78 Å². The van der Waals surface area contributed by atoms with Gasteiger partial charge in [-0.1, -0.05) is 12.1 Å². The van der Waals surface area contributed by atoms with Crippen molar-refractivity contribution in [2.75, 3.05) is 0 Å². The third-order valence-electron chi connectivity index (χ3n) is 3.01. The van der Waals surface area contributed by atoms with Crippen LogP contribution in [-0.4, -0.2) is 25.5 Å². The Bertz CT molecular complexity index is 813. The molecule has 0 N–H and O–H groups in total. The number of carbonyl (C=O) groups excluding carboxylic acids is 1. The summed E-state index contributed by atoms with van der Waals surface area (Å²) < 4.78 is 15.4. The monoisotopic (exact) mass is 294 g/mol. The summed E-state index contributed by atoms with van der Waals surface area (Å²) in [5.41, 5.74) is 1.37. The molecule has 0 aliphatic rings. The van der Waals surface area contributed by atoms with Gasteiger partial charge in [0.2, 0.25) is 0 Å². The smallest absolute Gasteiger partial charge is 0.187 e. The van der Waals surface area contributed by atoms with Gasteiger partial charge in [0.1, 0.15) is 24.2 Å². The predicted molar refractivity (Wildman–Crippen MR) is 78.9 cm³/mol. The highest BCUT2D eigenvalue weighted by Gasteiger charge is 2.06. The van der Waals surface area contributed by atoms with Crippen LogP contribution < -0.4 is 0 Å². The minimum Gasteiger partial charge on any atom is -0.289 e. The van der Waals surface area contributed by atoms with E-state index in [4.69, 9.17) is 0 Å². The van der Waals surface area contributed by atoms with Crippen molar-refractivity contribution in [1.82, 2.24) is 19.7 Å². The minimum atomic E-state index is -0.443. The molecule has 0 atom stereocenters. The van der Waals surface area contributed by atoms with Crippen molar-refractivity contribution in [3.8, 4) is 5.69 Å². The first-order chi connectivity index (χ1) is 10.7. The Labute approximate surface area is 125 Å². The number of halogens is 1. The summed E-state index contributed by atoms with van der Waals surface area (Å²) in [6, 6.07) is 7.98. The van der Waals surface area contributed by atoms with Crippen LogP contribution >= 0.6 is 0 Å². The summed E-state index contributed by atoms with van der Waals surface area (Å²) in [7, 11) is 0. The minimum absolute atomic E-state index is 0.186. The van der Waals surface area contributed by atoms with Crippen LogP contribution in [0.25, 0.3) is 11.8 Å². The van der Waals surface area contributed by atoms with Crippen molar-refractivity contribution >= 4 is 11.9 Å². The van der Waals surface area contributed by atoms with Gasteiger partial charge in [-0.3, -0.25) is 9.78 Å². The molecule has 2 aromatic heterocycles. The van der Waals surface area contributed by atoms with Crippen LogP contribution in [0.2, 0.25) is 0 Å². The zero-order valence-corrected chi connectivity index (χ0v) is 11.4. The molecular formula is C16H11FN4O. The predicted octanol–water partition coefficient (Wildman–Crippen LogP) is 2.70. The summed E-state index contributed by atoms with van der Waals surface area (Å²) in [4.78, 5) is 19.6. The van der Waals surface area contributed by atoms with Gasteiger partial charge in [-0.2, -0.15) is 5.10 Å². The fourth-order valence-electron chi connectivity index (χ4n) is 1.92. The average Bonchev–Trinajstić information content (AvgIpc) is 3.07. The first-order valence-corrected chi connectivity index (χ1v) is 6.51. The van der Waals surface area contributed by atoms with Gasteiger partial charge in [0, 0.05) is 18.0 Å². The van der Waals surface area contributed by atoms with Crippen molar-refractivity contribution in [2.45, 2.75) is 0 Å². The molecular weight excluding hydrogens is 283 g/mol.